The molecule has 27 heavy (non-hydrogen) atoms. The van der Waals surface area contributed by atoms with Crippen molar-refractivity contribution in [2.75, 3.05) is 19.8 Å². The van der Waals surface area contributed by atoms with E-state index in [1.807, 2.05) is 13.8 Å². The Morgan fingerprint density at radius 3 is 2.56 bits per heavy atom. The summed E-state index contributed by atoms with van der Waals surface area (Å²) in [5.74, 6) is -0.140. The highest BCUT2D eigenvalue weighted by Gasteiger charge is 2.29. The lowest BCUT2D eigenvalue weighted by molar-refractivity contribution is 0.0674. The summed E-state index contributed by atoms with van der Waals surface area (Å²) in [6, 6.07) is 5.10. The molecule has 1 N–H and O–H groups in total. The fraction of sp³-hybridized carbons (Fsp3) is 0.421. The largest absolute Gasteiger partial charge is 0.490 e. The normalized spacial score (nSPS) is 13.2. The first kappa shape index (κ1) is 18.8. The number of nitrogens with zero attached hydrogens (tertiary/aromatic N) is 3. The molecule has 0 bridgehead atoms. The van der Waals surface area contributed by atoms with Crippen molar-refractivity contribution in [3.8, 4) is 11.5 Å². The topological polar surface area (TPSA) is 93.9 Å². The van der Waals surface area contributed by atoms with E-state index in [1.54, 1.807) is 34.8 Å². The molecule has 0 atom stereocenters. The first-order valence-electron chi connectivity index (χ1n) is 8.93. The van der Waals surface area contributed by atoms with E-state index < -0.39 is 5.97 Å². The number of hydrogen-bond acceptors (Lipinski definition) is 5. The number of carboxylic acids is 1. The minimum atomic E-state index is -1.08. The standard InChI is InChI=1S/C19H23N3O5/c1-4-26-15-7-6-12(10-16(15)27-5-2)18(23)22-9-8-14-13(11-22)17(19(24)25)20-21(14)3/h6-7,10H,4-5,8-9,11H2,1-3H3,(H,24,25). The van der Waals surface area contributed by atoms with Crippen LogP contribution in [0.5, 0.6) is 11.5 Å². The Hall–Kier alpha value is -3.03. The lowest BCUT2D eigenvalue weighted by atomic mass is 10.0. The average Bonchev–Trinajstić information content (AvgIpc) is 2.99. The second kappa shape index (κ2) is 7.69. The highest BCUT2D eigenvalue weighted by atomic mass is 16.5. The van der Waals surface area contributed by atoms with Crippen molar-refractivity contribution >= 4 is 11.9 Å². The highest BCUT2D eigenvalue weighted by Crippen LogP contribution is 2.30. The van der Waals surface area contributed by atoms with Crippen LogP contribution >= 0.6 is 0 Å². The van der Waals surface area contributed by atoms with Gasteiger partial charge in [-0.2, -0.15) is 5.10 Å². The minimum Gasteiger partial charge on any atom is -0.490 e. The summed E-state index contributed by atoms with van der Waals surface area (Å²) >= 11 is 0. The van der Waals surface area contributed by atoms with Crippen LogP contribution in [0.1, 0.15) is 46.0 Å². The van der Waals surface area contributed by atoms with Crippen molar-refractivity contribution in [3.05, 3.63) is 40.7 Å². The Morgan fingerprint density at radius 1 is 1.19 bits per heavy atom. The van der Waals surface area contributed by atoms with Crippen LogP contribution in [0, 0.1) is 0 Å². The molecular formula is C19H23N3O5. The lowest BCUT2D eigenvalue weighted by Gasteiger charge is -2.27. The molecule has 1 aromatic carbocycles. The van der Waals surface area contributed by atoms with Crippen molar-refractivity contribution in [2.24, 2.45) is 7.05 Å². The molecule has 0 fully saturated rings. The van der Waals surface area contributed by atoms with Gasteiger partial charge in [-0.15, -0.1) is 0 Å². The van der Waals surface area contributed by atoms with Gasteiger partial charge in [-0.05, 0) is 32.0 Å². The molecule has 1 aliphatic rings. The van der Waals surface area contributed by atoms with Gasteiger partial charge in [-0.25, -0.2) is 4.79 Å². The molecule has 2 heterocycles. The summed E-state index contributed by atoms with van der Waals surface area (Å²) in [4.78, 5) is 26.1. The molecule has 2 aromatic rings. The first-order valence-corrected chi connectivity index (χ1v) is 8.93. The van der Waals surface area contributed by atoms with Gasteiger partial charge in [0, 0.05) is 36.8 Å². The second-order valence-corrected chi connectivity index (χ2v) is 6.21. The minimum absolute atomic E-state index is 0.00620. The Kier molecular flexibility index (Phi) is 5.34. The van der Waals surface area contributed by atoms with Crippen molar-refractivity contribution in [1.82, 2.24) is 14.7 Å². The molecule has 8 heteroatoms. The first-order chi connectivity index (χ1) is 13.0. The predicted molar refractivity (Wildman–Crippen MR) is 97.4 cm³/mol. The number of carbonyl (C=O) groups is 2. The summed E-state index contributed by atoms with van der Waals surface area (Å²) in [7, 11) is 1.73. The molecule has 1 aromatic heterocycles. The lowest BCUT2D eigenvalue weighted by Crippen LogP contribution is -2.36. The molecule has 0 radical (unpaired) electrons. The van der Waals surface area contributed by atoms with Crippen molar-refractivity contribution in [3.63, 3.8) is 0 Å². The number of aromatic nitrogens is 2. The fourth-order valence-corrected chi connectivity index (χ4v) is 3.30. The number of aromatic carboxylic acids is 1. The van der Waals surface area contributed by atoms with Crippen LogP contribution in [0.2, 0.25) is 0 Å². The van der Waals surface area contributed by atoms with Crippen LogP contribution in [0.4, 0.5) is 0 Å². The van der Waals surface area contributed by atoms with E-state index in [-0.39, 0.29) is 18.1 Å². The van der Waals surface area contributed by atoms with Gasteiger partial charge in [0.25, 0.3) is 5.91 Å². The molecule has 8 nitrogen and oxygen atoms in total. The van der Waals surface area contributed by atoms with E-state index in [2.05, 4.69) is 5.10 Å². The average molecular weight is 373 g/mol. The molecule has 1 aliphatic heterocycles. The number of aryl methyl sites for hydroxylation is 1. The van der Waals surface area contributed by atoms with Gasteiger partial charge in [0.1, 0.15) is 0 Å². The van der Waals surface area contributed by atoms with E-state index in [0.717, 1.165) is 5.69 Å². The van der Waals surface area contributed by atoms with Gasteiger partial charge in [-0.3, -0.25) is 9.48 Å². The van der Waals surface area contributed by atoms with E-state index in [1.165, 1.54) is 0 Å². The second-order valence-electron chi connectivity index (χ2n) is 6.21. The van der Waals surface area contributed by atoms with E-state index in [0.29, 0.717) is 48.8 Å². The summed E-state index contributed by atoms with van der Waals surface area (Å²) in [5.41, 5.74) is 1.94. The molecular weight excluding hydrogens is 350 g/mol. The number of hydrogen-bond donors (Lipinski definition) is 1. The molecule has 1 amide bonds. The highest BCUT2D eigenvalue weighted by molar-refractivity contribution is 5.95. The quantitative estimate of drug-likeness (QED) is 0.834. The van der Waals surface area contributed by atoms with Gasteiger partial charge >= 0.3 is 5.97 Å². The maximum absolute atomic E-state index is 13.0. The number of ether oxygens (including phenoxy) is 2. The molecule has 0 saturated carbocycles. The Bertz CT molecular complexity index is 874. The number of rotatable bonds is 6. The molecule has 0 aliphatic carbocycles. The van der Waals surface area contributed by atoms with Crippen molar-refractivity contribution in [2.45, 2.75) is 26.8 Å². The number of carboxylic acid groups (broad SMARTS) is 1. The molecule has 144 valence electrons. The summed E-state index contributed by atoms with van der Waals surface area (Å²) < 4.78 is 12.7. The molecule has 3 rings (SSSR count). The maximum atomic E-state index is 13.0. The third-order valence-corrected chi connectivity index (χ3v) is 4.52. The fourth-order valence-electron chi connectivity index (χ4n) is 3.30. The maximum Gasteiger partial charge on any atom is 0.356 e. The van der Waals surface area contributed by atoms with Crippen LogP contribution in [0.25, 0.3) is 0 Å². The number of fused-ring (bicyclic) bond motifs is 1. The summed E-state index contributed by atoms with van der Waals surface area (Å²) in [6.07, 6.45) is 0.563. The third-order valence-electron chi connectivity index (χ3n) is 4.52. The number of amides is 1. The molecule has 0 unspecified atom stereocenters. The van der Waals surface area contributed by atoms with Crippen LogP contribution < -0.4 is 9.47 Å². The van der Waals surface area contributed by atoms with Gasteiger partial charge in [0.05, 0.1) is 19.8 Å². The summed E-state index contributed by atoms with van der Waals surface area (Å²) in [5, 5.41) is 13.4. The van der Waals surface area contributed by atoms with Gasteiger partial charge in [-0.1, -0.05) is 0 Å². The summed E-state index contributed by atoms with van der Waals surface area (Å²) in [6.45, 7) is 5.44. The Labute approximate surface area is 157 Å². The Balaban J connectivity index is 1.87. The zero-order valence-electron chi connectivity index (χ0n) is 15.7. The SMILES string of the molecule is CCOc1ccc(C(=O)N2CCc3c(c(C(=O)O)nn3C)C2)cc1OCC. The van der Waals surface area contributed by atoms with Gasteiger partial charge < -0.3 is 19.5 Å². The van der Waals surface area contributed by atoms with Crippen LogP contribution in [-0.2, 0) is 20.0 Å². The number of carbonyl (C=O) groups excluding carboxylic acids is 1. The Morgan fingerprint density at radius 2 is 1.89 bits per heavy atom. The van der Waals surface area contributed by atoms with Gasteiger partial charge in [0.2, 0.25) is 0 Å². The van der Waals surface area contributed by atoms with Crippen LogP contribution in [-0.4, -0.2) is 51.4 Å². The third kappa shape index (κ3) is 3.60. The van der Waals surface area contributed by atoms with Gasteiger partial charge in [0.15, 0.2) is 17.2 Å². The van der Waals surface area contributed by atoms with E-state index >= 15 is 0 Å². The van der Waals surface area contributed by atoms with Crippen molar-refractivity contribution in [1.29, 1.82) is 0 Å². The zero-order chi connectivity index (χ0) is 19.6. The smallest absolute Gasteiger partial charge is 0.356 e. The van der Waals surface area contributed by atoms with Crippen molar-refractivity contribution < 1.29 is 24.2 Å². The van der Waals surface area contributed by atoms with Crippen LogP contribution in [0.3, 0.4) is 0 Å². The zero-order valence-corrected chi connectivity index (χ0v) is 15.7. The number of benzene rings is 1. The molecule has 0 saturated heterocycles. The van der Waals surface area contributed by atoms with E-state index in [9.17, 15) is 14.7 Å². The predicted octanol–water partition coefficient (Wildman–Crippen LogP) is 2.11. The monoisotopic (exact) mass is 373 g/mol. The van der Waals surface area contributed by atoms with E-state index in [4.69, 9.17) is 9.47 Å². The molecule has 0 spiro atoms. The van der Waals surface area contributed by atoms with Crippen LogP contribution in [0.15, 0.2) is 18.2 Å².